The molecular formula is C11H17ClN4O2. The van der Waals surface area contributed by atoms with E-state index >= 15 is 0 Å². The molecule has 0 saturated carbocycles. The van der Waals surface area contributed by atoms with Crippen molar-refractivity contribution in [2.75, 3.05) is 19.0 Å². The summed E-state index contributed by atoms with van der Waals surface area (Å²) in [6, 6.07) is 0.369. The average molecular weight is 273 g/mol. The van der Waals surface area contributed by atoms with Gasteiger partial charge < -0.3 is 15.4 Å². The van der Waals surface area contributed by atoms with E-state index in [0.717, 1.165) is 0 Å². The molecule has 0 spiro atoms. The smallest absolute Gasteiger partial charge is 0.318 e. The summed E-state index contributed by atoms with van der Waals surface area (Å²) in [6.07, 6.45) is 1.80. The first-order chi connectivity index (χ1) is 8.52. The molecule has 2 N–H and O–H groups in total. The van der Waals surface area contributed by atoms with E-state index in [0.29, 0.717) is 23.8 Å². The van der Waals surface area contributed by atoms with Gasteiger partial charge in [-0.05, 0) is 13.8 Å². The topological polar surface area (TPSA) is 76.1 Å². The van der Waals surface area contributed by atoms with Crippen molar-refractivity contribution in [3.63, 3.8) is 0 Å². The molecule has 0 atom stereocenters. The van der Waals surface area contributed by atoms with Crippen molar-refractivity contribution in [1.29, 1.82) is 0 Å². The van der Waals surface area contributed by atoms with Crippen molar-refractivity contribution in [3.8, 4) is 6.01 Å². The highest BCUT2D eigenvalue weighted by atomic mass is 35.5. The Labute approximate surface area is 111 Å². The third-order valence-electron chi connectivity index (χ3n) is 2.00. The zero-order valence-electron chi connectivity index (χ0n) is 10.7. The van der Waals surface area contributed by atoms with Gasteiger partial charge in [-0.2, -0.15) is 4.98 Å². The quantitative estimate of drug-likeness (QED) is 0.820. The van der Waals surface area contributed by atoms with E-state index in [4.69, 9.17) is 16.3 Å². The van der Waals surface area contributed by atoms with Crippen LogP contribution < -0.4 is 15.4 Å². The summed E-state index contributed by atoms with van der Waals surface area (Å²) in [5.74, 6) is 0.440. The van der Waals surface area contributed by atoms with Crippen LogP contribution in [0.5, 0.6) is 6.01 Å². The number of anilines is 1. The second-order valence-electron chi connectivity index (χ2n) is 3.95. The number of methoxy groups -OCH3 is 1. The van der Waals surface area contributed by atoms with Gasteiger partial charge in [-0.25, -0.2) is 4.98 Å². The Hall–Kier alpha value is -1.56. The standard InChI is InChI=1S/C11H17ClN4O2/c1-7(2)15-9(17)4-5-13-10-8(12)6-14-11(16-10)18-3/h6-7H,4-5H2,1-3H3,(H,15,17)(H,13,14,16). The fourth-order valence-electron chi connectivity index (χ4n) is 1.26. The minimum Gasteiger partial charge on any atom is -0.467 e. The van der Waals surface area contributed by atoms with E-state index in [1.807, 2.05) is 13.8 Å². The lowest BCUT2D eigenvalue weighted by molar-refractivity contribution is -0.121. The molecule has 1 aromatic rings. The number of hydrogen-bond acceptors (Lipinski definition) is 5. The first-order valence-corrected chi connectivity index (χ1v) is 6.00. The zero-order chi connectivity index (χ0) is 13.5. The predicted molar refractivity (Wildman–Crippen MR) is 70.0 cm³/mol. The van der Waals surface area contributed by atoms with Crippen LogP contribution in [0.2, 0.25) is 5.02 Å². The van der Waals surface area contributed by atoms with E-state index in [-0.39, 0.29) is 18.0 Å². The fourth-order valence-corrected chi connectivity index (χ4v) is 1.42. The molecule has 1 rings (SSSR count). The number of nitrogens with one attached hydrogen (secondary N) is 2. The maximum Gasteiger partial charge on any atom is 0.318 e. The Kier molecular flexibility index (Phi) is 5.64. The van der Waals surface area contributed by atoms with Crippen LogP contribution in [0.15, 0.2) is 6.20 Å². The number of carbonyl (C=O) groups is 1. The summed E-state index contributed by atoms with van der Waals surface area (Å²) < 4.78 is 4.89. The fraction of sp³-hybridized carbons (Fsp3) is 0.545. The molecule has 1 aromatic heterocycles. The van der Waals surface area contributed by atoms with Gasteiger partial charge in [0.15, 0.2) is 5.82 Å². The average Bonchev–Trinajstić information content (AvgIpc) is 2.30. The molecule has 1 heterocycles. The van der Waals surface area contributed by atoms with Crippen LogP contribution in [0.25, 0.3) is 0 Å². The number of rotatable bonds is 6. The van der Waals surface area contributed by atoms with E-state index < -0.39 is 0 Å². The summed E-state index contributed by atoms with van der Waals surface area (Å²) >= 11 is 5.91. The highest BCUT2D eigenvalue weighted by Crippen LogP contribution is 2.19. The summed E-state index contributed by atoms with van der Waals surface area (Å²) in [5.41, 5.74) is 0. The molecule has 0 radical (unpaired) electrons. The van der Waals surface area contributed by atoms with Crippen LogP contribution in [-0.2, 0) is 4.79 Å². The minimum atomic E-state index is -0.0188. The molecule has 0 bridgehead atoms. The molecule has 0 saturated heterocycles. The minimum absolute atomic E-state index is 0.0188. The second kappa shape index (κ2) is 7.00. The third kappa shape index (κ3) is 4.75. The van der Waals surface area contributed by atoms with Gasteiger partial charge in [0, 0.05) is 19.0 Å². The van der Waals surface area contributed by atoms with Crippen LogP contribution in [0.3, 0.4) is 0 Å². The number of hydrogen-bond donors (Lipinski definition) is 2. The molecule has 6 nitrogen and oxygen atoms in total. The van der Waals surface area contributed by atoms with Crippen molar-refractivity contribution >= 4 is 23.3 Å². The Morgan fingerprint density at radius 1 is 1.56 bits per heavy atom. The lowest BCUT2D eigenvalue weighted by Crippen LogP contribution is -2.31. The molecule has 7 heteroatoms. The van der Waals surface area contributed by atoms with Crippen molar-refractivity contribution in [1.82, 2.24) is 15.3 Å². The Bertz CT molecular complexity index is 412. The molecular weight excluding hydrogens is 256 g/mol. The van der Waals surface area contributed by atoms with Gasteiger partial charge in [-0.3, -0.25) is 4.79 Å². The summed E-state index contributed by atoms with van der Waals surface area (Å²) in [4.78, 5) is 19.3. The highest BCUT2D eigenvalue weighted by Gasteiger charge is 2.07. The van der Waals surface area contributed by atoms with E-state index in [2.05, 4.69) is 20.6 Å². The van der Waals surface area contributed by atoms with Crippen LogP contribution in [0, 0.1) is 0 Å². The molecule has 0 unspecified atom stereocenters. The molecule has 0 aliphatic carbocycles. The molecule has 0 aliphatic rings. The van der Waals surface area contributed by atoms with E-state index in [1.165, 1.54) is 13.3 Å². The maximum atomic E-state index is 11.4. The number of halogens is 1. The van der Waals surface area contributed by atoms with Crippen molar-refractivity contribution in [3.05, 3.63) is 11.2 Å². The Morgan fingerprint density at radius 2 is 2.28 bits per heavy atom. The lowest BCUT2D eigenvalue weighted by atomic mass is 10.3. The molecule has 0 fully saturated rings. The largest absolute Gasteiger partial charge is 0.467 e. The summed E-state index contributed by atoms with van der Waals surface area (Å²) in [7, 11) is 1.48. The predicted octanol–water partition coefficient (Wildman–Crippen LogP) is 1.47. The molecule has 18 heavy (non-hydrogen) atoms. The molecule has 0 aliphatic heterocycles. The van der Waals surface area contributed by atoms with Crippen LogP contribution in [-0.4, -0.2) is 35.6 Å². The number of carbonyl (C=O) groups excluding carboxylic acids is 1. The normalized spacial score (nSPS) is 10.3. The Morgan fingerprint density at radius 3 is 2.89 bits per heavy atom. The van der Waals surface area contributed by atoms with Crippen LogP contribution >= 0.6 is 11.6 Å². The first kappa shape index (κ1) is 14.5. The molecule has 1 amide bonds. The number of amides is 1. The van der Waals surface area contributed by atoms with Crippen molar-refractivity contribution in [2.24, 2.45) is 0 Å². The number of ether oxygens (including phenoxy) is 1. The monoisotopic (exact) mass is 272 g/mol. The highest BCUT2D eigenvalue weighted by molar-refractivity contribution is 6.32. The third-order valence-corrected chi connectivity index (χ3v) is 2.28. The van der Waals surface area contributed by atoms with E-state index in [9.17, 15) is 4.79 Å². The van der Waals surface area contributed by atoms with Gasteiger partial charge >= 0.3 is 6.01 Å². The van der Waals surface area contributed by atoms with Crippen LogP contribution in [0.4, 0.5) is 5.82 Å². The van der Waals surface area contributed by atoms with Gasteiger partial charge in [0.1, 0.15) is 5.02 Å². The van der Waals surface area contributed by atoms with Crippen molar-refractivity contribution < 1.29 is 9.53 Å². The van der Waals surface area contributed by atoms with E-state index in [1.54, 1.807) is 0 Å². The summed E-state index contributed by atoms with van der Waals surface area (Å²) in [5, 5.41) is 6.15. The maximum absolute atomic E-state index is 11.4. The molecule has 0 aromatic carbocycles. The summed E-state index contributed by atoms with van der Waals surface area (Å²) in [6.45, 7) is 4.27. The number of aromatic nitrogens is 2. The first-order valence-electron chi connectivity index (χ1n) is 5.62. The lowest BCUT2D eigenvalue weighted by Gasteiger charge is -2.10. The van der Waals surface area contributed by atoms with Crippen molar-refractivity contribution in [2.45, 2.75) is 26.3 Å². The van der Waals surface area contributed by atoms with Gasteiger partial charge in [0.2, 0.25) is 5.91 Å². The Balaban J connectivity index is 2.46. The SMILES string of the molecule is COc1ncc(Cl)c(NCCC(=O)NC(C)C)n1. The van der Waals surface area contributed by atoms with Gasteiger partial charge in [0.25, 0.3) is 0 Å². The van der Waals surface area contributed by atoms with Gasteiger partial charge in [0.05, 0.1) is 13.3 Å². The van der Waals surface area contributed by atoms with Gasteiger partial charge in [-0.15, -0.1) is 0 Å². The second-order valence-corrected chi connectivity index (χ2v) is 4.36. The zero-order valence-corrected chi connectivity index (χ0v) is 11.4. The molecule has 100 valence electrons. The van der Waals surface area contributed by atoms with Crippen LogP contribution in [0.1, 0.15) is 20.3 Å². The number of nitrogens with zero attached hydrogens (tertiary/aromatic N) is 2. The van der Waals surface area contributed by atoms with Gasteiger partial charge in [-0.1, -0.05) is 11.6 Å².